The maximum absolute atomic E-state index is 12.7. The number of nitrogens with zero attached hydrogens (tertiary/aromatic N) is 1. The summed E-state index contributed by atoms with van der Waals surface area (Å²) in [5.41, 5.74) is 2.29. The Morgan fingerprint density at radius 3 is 3.00 bits per heavy atom. The Balaban J connectivity index is 1.76. The van der Waals surface area contributed by atoms with Crippen LogP contribution in [0.25, 0.3) is 0 Å². The van der Waals surface area contributed by atoms with Gasteiger partial charge in [0, 0.05) is 13.0 Å². The molecule has 1 fully saturated rings. The van der Waals surface area contributed by atoms with E-state index in [9.17, 15) is 9.90 Å². The predicted molar refractivity (Wildman–Crippen MR) is 89.2 cm³/mol. The summed E-state index contributed by atoms with van der Waals surface area (Å²) >= 11 is 0. The average Bonchev–Trinajstić information content (AvgIpc) is 2.98. The van der Waals surface area contributed by atoms with Crippen LogP contribution in [-0.2, 0) is 4.79 Å². The van der Waals surface area contributed by atoms with Crippen molar-refractivity contribution < 1.29 is 14.6 Å². The second kappa shape index (κ2) is 7.18. The van der Waals surface area contributed by atoms with Crippen LogP contribution in [-0.4, -0.2) is 35.7 Å². The molecule has 0 bridgehead atoms. The van der Waals surface area contributed by atoms with Crippen LogP contribution in [0.5, 0.6) is 5.75 Å². The Morgan fingerprint density at radius 1 is 1.39 bits per heavy atom. The number of benzene rings is 1. The van der Waals surface area contributed by atoms with Crippen molar-refractivity contribution in [3.05, 3.63) is 41.5 Å². The molecule has 0 radical (unpaired) electrons. The van der Waals surface area contributed by atoms with Crippen LogP contribution in [0, 0.1) is 0 Å². The molecule has 0 aromatic heterocycles. The second-order valence-corrected chi connectivity index (χ2v) is 6.51. The molecule has 0 unspecified atom stereocenters. The third kappa shape index (κ3) is 3.75. The van der Waals surface area contributed by atoms with E-state index >= 15 is 0 Å². The molecule has 1 aliphatic carbocycles. The van der Waals surface area contributed by atoms with Crippen LogP contribution in [0.3, 0.4) is 0 Å². The molecule has 2 atom stereocenters. The molecule has 4 heteroatoms. The Morgan fingerprint density at radius 2 is 2.26 bits per heavy atom. The van der Waals surface area contributed by atoms with Crippen LogP contribution in [0.1, 0.15) is 50.1 Å². The summed E-state index contributed by atoms with van der Waals surface area (Å²) in [4.78, 5) is 14.6. The van der Waals surface area contributed by atoms with Gasteiger partial charge >= 0.3 is 0 Å². The van der Waals surface area contributed by atoms with E-state index in [1.54, 1.807) is 7.11 Å². The van der Waals surface area contributed by atoms with Crippen LogP contribution < -0.4 is 4.74 Å². The summed E-state index contributed by atoms with van der Waals surface area (Å²) in [7, 11) is 1.64. The Bertz CT molecular complexity index is 596. The summed E-state index contributed by atoms with van der Waals surface area (Å²) in [6.45, 7) is 0.425. The molecule has 0 saturated carbocycles. The van der Waals surface area contributed by atoms with Gasteiger partial charge in [0.25, 0.3) is 0 Å². The summed E-state index contributed by atoms with van der Waals surface area (Å²) in [5.74, 6) is 0.911. The molecule has 1 aromatic rings. The highest BCUT2D eigenvalue weighted by Crippen LogP contribution is 2.35. The molecule has 1 aromatic carbocycles. The summed E-state index contributed by atoms with van der Waals surface area (Å²) in [6, 6.07) is 7.74. The predicted octanol–water partition coefficient (Wildman–Crippen LogP) is 3.22. The molecule has 0 spiro atoms. The molecular formula is C19H25NO3. The number of carbonyl (C=O) groups excluding carboxylic acids is 1. The van der Waals surface area contributed by atoms with Gasteiger partial charge in [0.1, 0.15) is 5.75 Å². The minimum atomic E-state index is -0.449. The number of amides is 1. The van der Waals surface area contributed by atoms with Crippen LogP contribution in [0.4, 0.5) is 0 Å². The first-order valence-corrected chi connectivity index (χ1v) is 8.47. The fraction of sp³-hybridized carbons (Fsp3) is 0.526. The number of likely N-dealkylation sites (tertiary alicyclic amines) is 1. The third-order valence-electron chi connectivity index (χ3n) is 4.84. The lowest BCUT2D eigenvalue weighted by Gasteiger charge is -2.26. The largest absolute Gasteiger partial charge is 0.497 e. The monoisotopic (exact) mass is 315 g/mol. The third-order valence-corrected chi connectivity index (χ3v) is 4.84. The van der Waals surface area contributed by atoms with E-state index in [1.165, 1.54) is 18.4 Å². The van der Waals surface area contributed by atoms with Crippen molar-refractivity contribution in [1.82, 2.24) is 4.90 Å². The molecule has 2 aliphatic rings. The van der Waals surface area contributed by atoms with E-state index in [1.807, 2.05) is 29.2 Å². The van der Waals surface area contributed by atoms with E-state index in [4.69, 9.17) is 4.74 Å². The standard InChI is InChI=1S/C19H25NO3/c1-23-17-9-5-8-15(11-17)18-12-16(21)13-20(18)19(22)10-14-6-3-2-4-7-14/h5-6,8-9,11,16,18,21H,2-4,7,10,12-13H2,1H3/t16-,18-/m1/s1. The maximum Gasteiger partial charge on any atom is 0.227 e. The fourth-order valence-electron chi connectivity index (χ4n) is 3.62. The topological polar surface area (TPSA) is 49.8 Å². The molecule has 1 heterocycles. The number of aliphatic hydroxyl groups is 1. The molecule has 1 amide bonds. The molecule has 3 rings (SSSR count). The average molecular weight is 315 g/mol. The molecule has 1 N–H and O–H groups in total. The number of carbonyl (C=O) groups is 1. The smallest absolute Gasteiger partial charge is 0.227 e. The maximum atomic E-state index is 12.7. The number of rotatable bonds is 4. The first kappa shape index (κ1) is 16.1. The molecule has 1 aliphatic heterocycles. The van der Waals surface area contributed by atoms with E-state index < -0.39 is 6.10 Å². The molecule has 23 heavy (non-hydrogen) atoms. The van der Waals surface area contributed by atoms with Crippen molar-refractivity contribution in [2.45, 2.75) is 50.7 Å². The minimum absolute atomic E-state index is 0.0585. The van der Waals surface area contributed by atoms with Gasteiger partial charge in [0.2, 0.25) is 5.91 Å². The van der Waals surface area contributed by atoms with Gasteiger partial charge in [-0.15, -0.1) is 0 Å². The summed E-state index contributed by atoms with van der Waals surface area (Å²) in [6.07, 6.45) is 7.39. The van der Waals surface area contributed by atoms with Crippen molar-refractivity contribution in [3.63, 3.8) is 0 Å². The molecular weight excluding hydrogens is 290 g/mol. The minimum Gasteiger partial charge on any atom is -0.497 e. The Hall–Kier alpha value is -1.81. The van der Waals surface area contributed by atoms with Gasteiger partial charge in [-0.1, -0.05) is 23.8 Å². The highest BCUT2D eigenvalue weighted by molar-refractivity contribution is 5.79. The SMILES string of the molecule is COc1cccc([C@H]2C[C@@H](O)CN2C(=O)CC2=CCCCC2)c1. The fourth-order valence-corrected chi connectivity index (χ4v) is 3.62. The molecule has 4 nitrogen and oxygen atoms in total. The zero-order valence-corrected chi connectivity index (χ0v) is 13.7. The van der Waals surface area contributed by atoms with Crippen molar-refractivity contribution in [3.8, 4) is 5.75 Å². The molecule has 124 valence electrons. The quantitative estimate of drug-likeness (QED) is 0.868. The number of ether oxygens (including phenoxy) is 1. The first-order chi connectivity index (χ1) is 11.2. The zero-order valence-electron chi connectivity index (χ0n) is 13.7. The van der Waals surface area contributed by atoms with Gasteiger partial charge in [0.15, 0.2) is 0 Å². The van der Waals surface area contributed by atoms with Gasteiger partial charge in [-0.3, -0.25) is 4.79 Å². The Labute approximate surface area is 137 Å². The van der Waals surface area contributed by atoms with Gasteiger partial charge in [-0.2, -0.15) is 0 Å². The van der Waals surface area contributed by atoms with Gasteiger partial charge < -0.3 is 14.7 Å². The van der Waals surface area contributed by atoms with Crippen LogP contribution >= 0.6 is 0 Å². The van der Waals surface area contributed by atoms with Gasteiger partial charge in [-0.25, -0.2) is 0 Å². The van der Waals surface area contributed by atoms with Crippen molar-refractivity contribution in [2.75, 3.05) is 13.7 Å². The Kier molecular flexibility index (Phi) is 5.01. The number of methoxy groups -OCH3 is 1. The number of hydrogen-bond donors (Lipinski definition) is 1. The lowest BCUT2D eigenvalue weighted by molar-refractivity contribution is -0.131. The van der Waals surface area contributed by atoms with Crippen molar-refractivity contribution >= 4 is 5.91 Å². The van der Waals surface area contributed by atoms with Crippen molar-refractivity contribution in [2.24, 2.45) is 0 Å². The highest BCUT2D eigenvalue weighted by atomic mass is 16.5. The number of aliphatic hydroxyl groups excluding tert-OH is 1. The lowest BCUT2D eigenvalue weighted by atomic mass is 9.96. The summed E-state index contributed by atoms with van der Waals surface area (Å²) in [5, 5.41) is 10.1. The number of β-amino-alcohol motifs (C(OH)–C–C–N with tert-alkyl or cyclic N) is 1. The summed E-state index contributed by atoms with van der Waals surface area (Å²) < 4.78 is 5.28. The number of hydrogen-bond acceptors (Lipinski definition) is 3. The van der Waals surface area contributed by atoms with Gasteiger partial charge in [0.05, 0.1) is 19.3 Å². The normalized spacial score (nSPS) is 24.4. The van der Waals surface area contributed by atoms with E-state index in [2.05, 4.69) is 6.08 Å². The van der Waals surface area contributed by atoms with E-state index in [0.29, 0.717) is 19.4 Å². The van der Waals surface area contributed by atoms with E-state index in [0.717, 1.165) is 24.2 Å². The lowest BCUT2D eigenvalue weighted by Crippen LogP contribution is -2.32. The first-order valence-electron chi connectivity index (χ1n) is 8.47. The van der Waals surface area contributed by atoms with E-state index in [-0.39, 0.29) is 11.9 Å². The van der Waals surface area contributed by atoms with Gasteiger partial charge in [-0.05, 0) is 49.8 Å². The van der Waals surface area contributed by atoms with Crippen LogP contribution in [0.2, 0.25) is 0 Å². The van der Waals surface area contributed by atoms with Crippen LogP contribution in [0.15, 0.2) is 35.9 Å². The van der Waals surface area contributed by atoms with Crippen molar-refractivity contribution in [1.29, 1.82) is 0 Å². The molecule has 1 saturated heterocycles. The number of allylic oxidation sites excluding steroid dienone is 1. The zero-order chi connectivity index (χ0) is 16.2. The highest BCUT2D eigenvalue weighted by Gasteiger charge is 2.35. The second-order valence-electron chi connectivity index (χ2n) is 6.51.